The Morgan fingerprint density at radius 1 is 1.67 bits per heavy atom. The predicted molar refractivity (Wildman–Crippen MR) is 37.0 cm³/mol. The van der Waals surface area contributed by atoms with Gasteiger partial charge in [0.15, 0.2) is 6.73 Å². The highest BCUT2D eigenvalue weighted by atomic mass is 16.6. The van der Waals surface area contributed by atoms with Crippen LogP contribution in [-0.2, 0) is 13.3 Å². The van der Waals surface area contributed by atoms with Crippen LogP contribution in [0.5, 0.6) is 0 Å². The number of rotatable bonds is 3. The monoisotopic (exact) mass is 173 g/mol. The maximum Gasteiger partial charge on any atom is 0.344 e. The summed E-state index contributed by atoms with van der Waals surface area (Å²) in [5.41, 5.74) is 0. The molecule has 7 nitrogen and oxygen atoms in total. The van der Waals surface area contributed by atoms with Crippen molar-refractivity contribution >= 4 is 5.82 Å². The molecule has 0 aliphatic rings. The zero-order valence-electron chi connectivity index (χ0n) is 6.04. The summed E-state index contributed by atoms with van der Waals surface area (Å²) >= 11 is 0. The zero-order chi connectivity index (χ0) is 9.14. The van der Waals surface area contributed by atoms with Crippen molar-refractivity contribution in [3.63, 3.8) is 0 Å². The molecule has 7 heteroatoms. The molecule has 1 aromatic heterocycles. The third-order valence-corrected chi connectivity index (χ3v) is 1.39. The average molecular weight is 173 g/mol. The fourth-order valence-corrected chi connectivity index (χ4v) is 0.830. The molecule has 1 aromatic rings. The third-order valence-electron chi connectivity index (χ3n) is 1.39. The largest absolute Gasteiger partial charge is 0.386 e. The Labute approximate surface area is 67.0 Å². The van der Waals surface area contributed by atoms with E-state index < -0.39 is 18.3 Å². The van der Waals surface area contributed by atoms with Crippen molar-refractivity contribution < 1.29 is 15.1 Å². The van der Waals surface area contributed by atoms with Gasteiger partial charge in [0.2, 0.25) is 5.82 Å². The maximum atomic E-state index is 10.3. The van der Waals surface area contributed by atoms with Gasteiger partial charge in [-0.25, -0.2) is 4.98 Å². The van der Waals surface area contributed by atoms with Crippen LogP contribution in [0.4, 0.5) is 5.82 Å². The minimum atomic E-state index is -0.678. The molecule has 0 unspecified atom stereocenters. The molecule has 0 aromatic carbocycles. The van der Waals surface area contributed by atoms with Crippen LogP contribution in [0.15, 0.2) is 6.20 Å². The Balaban J connectivity index is 3.13. The number of aliphatic hydroxyl groups is 2. The molecule has 0 saturated heterocycles. The second kappa shape index (κ2) is 3.28. The van der Waals surface area contributed by atoms with Crippen LogP contribution < -0.4 is 0 Å². The second-order valence-corrected chi connectivity index (χ2v) is 2.02. The topological polar surface area (TPSA) is 101 Å². The number of hydrogen-bond acceptors (Lipinski definition) is 5. The summed E-state index contributed by atoms with van der Waals surface area (Å²) in [6, 6.07) is 0. The lowest BCUT2D eigenvalue weighted by atomic mass is 10.6. The molecule has 0 amide bonds. The highest BCUT2D eigenvalue weighted by Crippen LogP contribution is 2.12. The summed E-state index contributed by atoms with van der Waals surface area (Å²) in [5.74, 6) is -0.259. The molecule has 1 heterocycles. The lowest BCUT2D eigenvalue weighted by Crippen LogP contribution is -2.06. The molecule has 0 aliphatic carbocycles. The standard InChI is InChI=1S/C5H7N3O4/c9-2-4-6-1-5(8(11)12)7(4)3-10/h1,9-10H,2-3H2. The van der Waals surface area contributed by atoms with Crippen LogP contribution in [0.2, 0.25) is 0 Å². The number of nitrogens with zero attached hydrogens (tertiary/aromatic N) is 3. The predicted octanol–water partition coefficient (Wildman–Crippen LogP) is -0.767. The molecule has 12 heavy (non-hydrogen) atoms. The van der Waals surface area contributed by atoms with E-state index in [-0.39, 0.29) is 11.6 Å². The highest BCUT2D eigenvalue weighted by Gasteiger charge is 2.17. The van der Waals surface area contributed by atoms with Crippen LogP contribution in [0.1, 0.15) is 5.82 Å². The van der Waals surface area contributed by atoms with E-state index in [2.05, 4.69) is 4.98 Å². The molecular formula is C5H7N3O4. The van der Waals surface area contributed by atoms with E-state index in [9.17, 15) is 10.1 Å². The van der Waals surface area contributed by atoms with Gasteiger partial charge in [-0.15, -0.1) is 0 Å². The van der Waals surface area contributed by atoms with E-state index in [0.29, 0.717) is 0 Å². The van der Waals surface area contributed by atoms with E-state index in [1.807, 2.05) is 0 Å². The molecule has 66 valence electrons. The summed E-state index contributed by atoms with van der Waals surface area (Å²) in [6.45, 7) is -0.999. The minimum Gasteiger partial charge on any atom is -0.386 e. The van der Waals surface area contributed by atoms with Crippen molar-refractivity contribution in [2.45, 2.75) is 13.3 Å². The van der Waals surface area contributed by atoms with Crippen molar-refractivity contribution in [3.8, 4) is 0 Å². The first-order chi connectivity index (χ1) is 5.70. The second-order valence-electron chi connectivity index (χ2n) is 2.02. The normalized spacial score (nSPS) is 10.2. The number of imidazole rings is 1. The van der Waals surface area contributed by atoms with Gasteiger partial charge in [0, 0.05) is 0 Å². The summed E-state index contributed by atoms with van der Waals surface area (Å²) in [7, 11) is 0. The number of aromatic nitrogens is 2. The van der Waals surface area contributed by atoms with Gasteiger partial charge in [-0.05, 0) is 4.92 Å². The molecule has 0 atom stereocenters. The fourth-order valence-electron chi connectivity index (χ4n) is 0.830. The Morgan fingerprint density at radius 3 is 2.75 bits per heavy atom. The Morgan fingerprint density at radius 2 is 2.33 bits per heavy atom. The van der Waals surface area contributed by atoms with Crippen molar-refractivity contribution in [1.82, 2.24) is 9.55 Å². The quantitative estimate of drug-likeness (QED) is 0.461. The zero-order valence-corrected chi connectivity index (χ0v) is 6.04. The van der Waals surface area contributed by atoms with Crippen molar-refractivity contribution in [2.24, 2.45) is 0 Å². The van der Waals surface area contributed by atoms with Gasteiger partial charge in [0.1, 0.15) is 12.8 Å². The molecule has 0 radical (unpaired) electrons. The summed E-state index contributed by atoms with van der Waals surface area (Å²) < 4.78 is 0.917. The SMILES string of the molecule is O=[N+]([O-])c1cnc(CO)n1CO. The molecule has 0 spiro atoms. The van der Waals surface area contributed by atoms with Crippen LogP contribution >= 0.6 is 0 Å². The molecule has 0 fully saturated rings. The maximum absolute atomic E-state index is 10.3. The van der Waals surface area contributed by atoms with Crippen molar-refractivity contribution in [1.29, 1.82) is 0 Å². The van der Waals surface area contributed by atoms with Crippen molar-refractivity contribution in [3.05, 3.63) is 22.1 Å². The molecule has 2 N–H and O–H groups in total. The lowest BCUT2D eigenvalue weighted by Gasteiger charge is -1.97. The minimum absolute atomic E-state index is 0.0733. The number of nitro groups is 1. The van der Waals surface area contributed by atoms with E-state index in [0.717, 1.165) is 10.8 Å². The van der Waals surface area contributed by atoms with Crippen LogP contribution in [0, 0.1) is 10.1 Å². The van der Waals surface area contributed by atoms with Crippen LogP contribution in [0.3, 0.4) is 0 Å². The van der Waals surface area contributed by atoms with E-state index in [1.54, 1.807) is 0 Å². The van der Waals surface area contributed by atoms with Gasteiger partial charge >= 0.3 is 5.82 Å². The van der Waals surface area contributed by atoms with Gasteiger partial charge in [-0.2, -0.15) is 4.57 Å². The van der Waals surface area contributed by atoms with Gasteiger partial charge in [0.05, 0.1) is 0 Å². The third kappa shape index (κ3) is 1.27. The van der Waals surface area contributed by atoms with Crippen molar-refractivity contribution in [2.75, 3.05) is 0 Å². The van der Waals surface area contributed by atoms with Crippen LogP contribution in [-0.4, -0.2) is 24.7 Å². The number of hydrogen-bond donors (Lipinski definition) is 2. The number of aliphatic hydroxyl groups excluding tert-OH is 2. The molecule has 1 rings (SSSR count). The Kier molecular flexibility index (Phi) is 2.36. The molecular weight excluding hydrogens is 166 g/mol. The van der Waals surface area contributed by atoms with Gasteiger partial charge in [-0.1, -0.05) is 0 Å². The molecule has 0 saturated carbocycles. The lowest BCUT2D eigenvalue weighted by molar-refractivity contribution is -0.393. The molecule has 0 bridgehead atoms. The van der Waals surface area contributed by atoms with Gasteiger partial charge in [-0.3, -0.25) is 0 Å². The first-order valence-corrected chi connectivity index (χ1v) is 3.11. The van der Waals surface area contributed by atoms with Crippen LogP contribution in [0.25, 0.3) is 0 Å². The van der Waals surface area contributed by atoms with Gasteiger partial charge in [0.25, 0.3) is 0 Å². The summed E-state index contributed by atoms with van der Waals surface area (Å²) in [4.78, 5) is 13.1. The summed E-state index contributed by atoms with van der Waals surface area (Å²) in [6.07, 6.45) is 0.988. The fraction of sp³-hybridized carbons (Fsp3) is 0.400. The first-order valence-electron chi connectivity index (χ1n) is 3.11. The van der Waals surface area contributed by atoms with E-state index in [4.69, 9.17) is 10.2 Å². The highest BCUT2D eigenvalue weighted by molar-refractivity contribution is 5.18. The first kappa shape index (κ1) is 8.62. The van der Waals surface area contributed by atoms with E-state index >= 15 is 0 Å². The van der Waals surface area contributed by atoms with Gasteiger partial charge < -0.3 is 20.3 Å². The summed E-state index contributed by atoms with van der Waals surface area (Å²) in [5, 5.41) is 27.6. The smallest absolute Gasteiger partial charge is 0.344 e. The average Bonchev–Trinajstić information content (AvgIpc) is 2.46. The Hall–Kier alpha value is -1.47. The Bertz CT molecular complexity index is 295. The molecule has 0 aliphatic heterocycles. The van der Waals surface area contributed by atoms with E-state index in [1.165, 1.54) is 0 Å².